The van der Waals surface area contributed by atoms with Crippen molar-refractivity contribution in [3.8, 4) is 12.0 Å². The fourth-order valence-electron chi connectivity index (χ4n) is 2.55. The molecule has 3 N–H and O–H groups in total. The second kappa shape index (κ2) is 8.01. The maximum Gasteiger partial charge on any atom is 0.223 e. The average molecular weight is 292 g/mol. The van der Waals surface area contributed by atoms with E-state index >= 15 is 0 Å². The molecule has 1 amide bonds. The van der Waals surface area contributed by atoms with Crippen LogP contribution in [0.15, 0.2) is 4.99 Å². The Morgan fingerprint density at radius 2 is 2.24 bits per heavy atom. The first kappa shape index (κ1) is 15.8. The molecule has 1 aliphatic heterocycles. The number of hydrogen-bond acceptors (Lipinski definition) is 5. The Morgan fingerprint density at radius 1 is 1.43 bits per heavy atom. The van der Waals surface area contributed by atoms with Gasteiger partial charge in [0, 0.05) is 31.6 Å². The van der Waals surface area contributed by atoms with Crippen molar-refractivity contribution in [3.05, 3.63) is 0 Å². The van der Waals surface area contributed by atoms with Gasteiger partial charge in [0.2, 0.25) is 5.91 Å². The summed E-state index contributed by atoms with van der Waals surface area (Å²) in [5.41, 5.74) is 2.92. The highest BCUT2D eigenvalue weighted by Gasteiger charge is 2.20. The number of nitrogens with zero attached hydrogens (tertiary/aromatic N) is 2. The highest BCUT2D eigenvalue weighted by Crippen LogP contribution is 2.22. The van der Waals surface area contributed by atoms with Crippen LogP contribution in [0.25, 0.3) is 0 Å². The van der Waals surface area contributed by atoms with Crippen molar-refractivity contribution in [2.24, 2.45) is 10.9 Å². The molecule has 1 fully saturated rings. The maximum absolute atomic E-state index is 11.5. The first-order valence-corrected chi connectivity index (χ1v) is 7.65. The third-order valence-electron chi connectivity index (χ3n) is 3.87. The molecule has 1 aliphatic carbocycles. The van der Waals surface area contributed by atoms with Gasteiger partial charge in [-0.15, -0.1) is 0 Å². The van der Waals surface area contributed by atoms with Crippen LogP contribution in [0.5, 0.6) is 0 Å². The highest BCUT2D eigenvalue weighted by atomic mass is 16.3. The summed E-state index contributed by atoms with van der Waals surface area (Å²) in [6.45, 7) is 0. The van der Waals surface area contributed by atoms with E-state index in [4.69, 9.17) is 0 Å². The molecule has 0 aromatic carbocycles. The van der Waals surface area contributed by atoms with Crippen molar-refractivity contribution in [1.29, 1.82) is 0 Å². The minimum absolute atomic E-state index is 0.0155. The molecule has 0 bridgehead atoms. The summed E-state index contributed by atoms with van der Waals surface area (Å²) in [7, 11) is 1.78. The van der Waals surface area contributed by atoms with Crippen molar-refractivity contribution >= 4 is 12.1 Å². The monoisotopic (exact) mass is 292 g/mol. The number of carbonyl (C=O) groups excluding carboxylic acids is 1. The zero-order valence-corrected chi connectivity index (χ0v) is 12.5. The van der Waals surface area contributed by atoms with Gasteiger partial charge in [0.15, 0.2) is 6.29 Å². The van der Waals surface area contributed by atoms with E-state index in [2.05, 4.69) is 27.7 Å². The van der Waals surface area contributed by atoms with Crippen LogP contribution in [0.3, 0.4) is 0 Å². The molecule has 21 heavy (non-hydrogen) atoms. The molecule has 0 aromatic heterocycles. The Morgan fingerprint density at radius 3 is 3.10 bits per heavy atom. The van der Waals surface area contributed by atoms with Crippen LogP contribution in [0.2, 0.25) is 0 Å². The fourth-order valence-corrected chi connectivity index (χ4v) is 2.55. The third-order valence-corrected chi connectivity index (χ3v) is 3.87. The Balaban J connectivity index is 1.86. The van der Waals surface area contributed by atoms with Gasteiger partial charge in [-0.1, -0.05) is 25.2 Å². The first-order valence-electron chi connectivity index (χ1n) is 7.65. The predicted octanol–water partition coefficient (Wildman–Crippen LogP) is 0.589. The van der Waals surface area contributed by atoms with Crippen LogP contribution in [0.4, 0.5) is 0 Å². The van der Waals surface area contributed by atoms with E-state index in [9.17, 15) is 9.90 Å². The number of aliphatic imine (C=N–C) groups is 1. The SMILES string of the molecule is CN(NC#CC1CCCCCC1O)C1N=CCCC(=O)N1. The summed E-state index contributed by atoms with van der Waals surface area (Å²) < 4.78 is 0. The molecule has 6 heteroatoms. The van der Waals surface area contributed by atoms with E-state index in [0.717, 1.165) is 25.7 Å². The van der Waals surface area contributed by atoms with E-state index in [1.165, 1.54) is 6.42 Å². The van der Waals surface area contributed by atoms with E-state index in [1.54, 1.807) is 18.3 Å². The van der Waals surface area contributed by atoms with E-state index in [1.807, 2.05) is 0 Å². The van der Waals surface area contributed by atoms with Crippen LogP contribution in [0.1, 0.15) is 44.9 Å². The van der Waals surface area contributed by atoms with Crippen LogP contribution < -0.4 is 10.7 Å². The standard InChI is InChI=1S/C15H24N4O2/c1-19(15-16-10-5-8-14(21)18-15)17-11-9-12-6-3-2-4-7-13(12)20/h10,12-13,15,17,20H,2-8H2,1H3,(H,18,21). The molecule has 0 spiro atoms. The molecule has 2 aliphatic rings. The van der Waals surface area contributed by atoms with Gasteiger partial charge in [0.25, 0.3) is 0 Å². The quantitative estimate of drug-likeness (QED) is 0.301. The van der Waals surface area contributed by atoms with E-state index in [-0.39, 0.29) is 17.9 Å². The molecule has 1 saturated carbocycles. The van der Waals surface area contributed by atoms with Gasteiger partial charge in [0.1, 0.15) is 0 Å². The largest absolute Gasteiger partial charge is 0.392 e. The van der Waals surface area contributed by atoms with Crippen molar-refractivity contribution in [3.63, 3.8) is 0 Å². The Kier molecular flexibility index (Phi) is 6.03. The summed E-state index contributed by atoms with van der Waals surface area (Å²) in [4.78, 5) is 15.7. The molecule has 3 atom stereocenters. The first-order chi connectivity index (χ1) is 10.2. The molecule has 3 unspecified atom stereocenters. The lowest BCUT2D eigenvalue weighted by Crippen LogP contribution is -2.49. The smallest absolute Gasteiger partial charge is 0.223 e. The molecule has 0 aromatic rings. The minimum atomic E-state index is -0.437. The van der Waals surface area contributed by atoms with Gasteiger partial charge >= 0.3 is 0 Å². The highest BCUT2D eigenvalue weighted by molar-refractivity contribution is 5.80. The lowest BCUT2D eigenvalue weighted by atomic mass is 9.98. The van der Waals surface area contributed by atoms with Gasteiger partial charge < -0.3 is 10.4 Å². The number of amides is 1. The third kappa shape index (κ3) is 5.03. The molecule has 6 nitrogen and oxygen atoms in total. The molecule has 1 heterocycles. The topological polar surface area (TPSA) is 77.0 Å². The van der Waals surface area contributed by atoms with Crippen molar-refractivity contribution in [2.45, 2.75) is 57.3 Å². The fraction of sp³-hybridized carbons (Fsp3) is 0.733. The maximum atomic E-state index is 11.5. The lowest BCUT2D eigenvalue weighted by Gasteiger charge is -2.23. The van der Waals surface area contributed by atoms with Crippen LogP contribution in [0, 0.1) is 17.9 Å². The Labute approximate surface area is 126 Å². The summed E-state index contributed by atoms with van der Waals surface area (Å²) >= 11 is 0. The Hall–Kier alpha value is -1.58. The van der Waals surface area contributed by atoms with Gasteiger partial charge in [0.05, 0.1) is 6.10 Å². The molecule has 116 valence electrons. The van der Waals surface area contributed by atoms with Gasteiger partial charge in [-0.3, -0.25) is 15.2 Å². The summed E-state index contributed by atoms with van der Waals surface area (Å²) in [5.74, 6) is 3.10. The number of nitrogens with one attached hydrogen (secondary N) is 2. The molecular formula is C15H24N4O2. The Bertz CT molecular complexity index is 441. The second-order valence-electron chi connectivity index (χ2n) is 5.62. The predicted molar refractivity (Wildman–Crippen MR) is 80.9 cm³/mol. The molecule has 0 radical (unpaired) electrons. The van der Waals surface area contributed by atoms with Gasteiger partial charge in [-0.25, -0.2) is 0 Å². The molecule has 0 saturated heterocycles. The van der Waals surface area contributed by atoms with Crippen LogP contribution >= 0.6 is 0 Å². The minimum Gasteiger partial charge on any atom is -0.392 e. The molecular weight excluding hydrogens is 268 g/mol. The average Bonchev–Trinajstić information content (AvgIpc) is 2.80. The summed E-state index contributed by atoms with van der Waals surface area (Å²) in [5, 5.41) is 14.5. The van der Waals surface area contributed by atoms with E-state index < -0.39 is 6.29 Å². The van der Waals surface area contributed by atoms with Gasteiger partial charge in [-0.2, -0.15) is 5.01 Å². The number of rotatable bonds is 2. The number of hydrogen-bond donors (Lipinski definition) is 3. The number of aliphatic hydroxyl groups is 1. The number of carbonyl (C=O) groups is 1. The van der Waals surface area contributed by atoms with Crippen LogP contribution in [-0.4, -0.2) is 41.7 Å². The normalized spacial score (nSPS) is 29.9. The van der Waals surface area contributed by atoms with Crippen molar-refractivity contribution in [1.82, 2.24) is 15.8 Å². The van der Waals surface area contributed by atoms with Crippen LogP contribution in [-0.2, 0) is 4.79 Å². The molecule has 2 rings (SSSR count). The van der Waals surface area contributed by atoms with Crippen molar-refractivity contribution < 1.29 is 9.90 Å². The van der Waals surface area contributed by atoms with Crippen molar-refractivity contribution in [2.75, 3.05) is 7.05 Å². The zero-order chi connectivity index (χ0) is 15.1. The van der Waals surface area contributed by atoms with E-state index in [0.29, 0.717) is 12.8 Å². The summed E-state index contributed by atoms with van der Waals surface area (Å²) in [6.07, 6.45) is 7.26. The number of aliphatic hydroxyl groups excluding tert-OH is 1. The lowest BCUT2D eigenvalue weighted by molar-refractivity contribution is -0.122. The van der Waals surface area contributed by atoms with Gasteiger partial charge in [-0.05, 0) is 19.3 Å². The summed E-state index contributed by atoms with van der Waals surface area (Å²) in [6, 6.07) is 2.89. The second-order valence-corrected chi connectivity index (χ2v) is 5.62. The zero-order valence-electron chi connectivity index (χ0n) is 12.5. The number of hydrazine groups is 1.